The van der Waals surface area contributed by atoms with Gasteiger partial charge in [-0.2, -0.15) is 0 Å². The van der Waals surface area contributed by atoms with Gasteiger partial charge in [0.05, 0.1) is 0 Å². The van der Waals surface area contributed by atoms with E-state index in [0.717, 1.165) is 0 Å². The van der Waals surface area contributed by atoms with Crippen LogP contribution in [0.5, 0.6) is 0 Å². The number of hydrogen-bond acceptors (Lipinski definition) is 1. The van der Waals surface area contributed by atoms with Gasteiger partial charge in [0.1, 0.15) is 0 Å². The van der Waals surface area contributed by atoms with Gasteiger partial charge in [-0.25, -0.2) is 0 Å². The summed E-state index contributed by atoms with van der Waals surface area (Å²) in [6.07, 6.45) is 30.0. The van der Waals surface area contributed by atoms with Crippen molar-refractivity contribution in [2.24, 2.45) is 0 Å². The second-order valence-electron chi connectivity index (χ2n) is 9.86. The predicted octanol–water partition coefficient (Wildman–Crippen LogP) is 10.2. The summed E-state index contributed by atoms with van der Waals surface area (Å²) in [5, 5.41) is 0. The van der Waals surface area contributed by atoms with E-state index in [4.69, 9.17) is 4.98 Å². The quantitative estimate of drug-likeness (QED) is 0.167. The summed E-state index contributed by atoms with van der Waals surface area (Å²) in [6.45, 7) is 6.89. The van der Waals surface area contributed by atoms with E-state index < -0.39 is 0 Å². The Morgan fingerprint density at radius 1 is 0.419 bits per heavy atom. The molecule has 0 aromatic carbocycles. The maximum absolute atomic E-state index is 5.05. The minimum atomic E-state index is 1.18. The minimum absolute atomic E-state index is 1.18. The molecular weight excluding hydrogens is 374 g/mol. The van der Waals surface area contributed by atoms with Crippen molar-refractivity contribution in [3.63, 3.8) is 0 Å². The molecule has 0 amide bonds. The second kappa shape index (κ2) is 21.0. The van der Waals surface area contributed by atoms with Gasteiger partial charge in [0.15, 0.2) is 0 Å². The summed E-state index contributed by atoms with van der Waals surface area (Å²) in [5.41, 5.74) is 4.24. The van der Waals surface area contributed by atoms with Crippen molar-refractivity contribution >= 4 is 0 Å². The van der Waals surface area contributed by atoms with Gasteiger partial charge in [0, 0.05) is 11.4 Å². The third kappa shape index (κ3) is 16.4. The lowest BCUT2D eigenvalue weighted by molar-refractivity contribution is 0.560. The molecule has 0 fully saturated rings. The van der Waals surface area contributed by atoms with Crippen molar-refractivity contribution in [1.29, 1.82) is 0 Å². The predicted molar refractivity (Wildman–Crippen MR) is 140 cm³/mol. The third-order valence-electron chi connectivity index (χ3n) is 6.60. The highest BCUT2D eigenvalue weighted by atomic mass is 14.7. The van der Waals surface area contributed by atoms with E-state index in [0.29, 0.717) is 0 Å². The standard InChI is InChI=1S/C30H55N/c1-4-7-9-11-13-15-17-19-21-24-29-26-28(23-6-3)27-30(31-29)25-22-20-18-16-14-12-10-8-5-2/h26-27H,4-25H2,1-3H3. The molecule has 1 rings (SSSR count). The maximum atomic E-state index is 5.05. The molecule has 0 aliphatic heterocycles. The zero-order valence-corrected chi connectivity index (χ0v) is 21.7. The first-order valence-electron chi connectivity index (χ1n) is 14.3. The second-order valence-corrected chi connectivity index (χ2v) is 9.86. The fourth-order valence-corrected chi connectivity index (χ4v) is 4.64. The molecule has 0 atom stereocenters. The van der Waals surface area contributed by atoms with Crippen molar-refractivity contribution in [2.75, 3.05) is 0 Å². The highest BCUT2D eigenvalue weighted by molar-refractivity contribution is 5.22. The van der Waals surface area contributed by atoms with E-state index in [9.17, 15) is 0 Å². The van der Waals surface area contributed by atoms with Gasteiger partial charge in [-0.1, -0.05) is 130 Å². The average Bonchev–Trinajstić information content (AvgIpc) is 2.77. The molecule has 0 radical (unpaired) electrons. The molecular formula is C30H55N. The van der Waals surface area contributed by atoms with E-state index in [-0.39, 0.29) is 0 Å². The first-order valence-corrected chi connectivity index (χ1v) is 14.3. The number of nitrogens with zero attached hydrogens (tertiary/aromatic N) is 1. The molecule has 1 heteroatoms. The van der Waals surface area contributed by atoms with Crippen LogP contribution in [0.25, 0.3) is 0 Å². The zero-order chi connectivity index (χ0) is 22.4. The van der Waals surface area contributed by atoms with Crippen LogP contribution in [-0.4, -0.2) is 4.98 Å². The van der Waals surface area contributed by atoms with E-state index >= 15 is 0 Å². The Morgan fingerprint density at radius 3 is 1.13 bits per heavy atom. The van der Waals surface area contributed by atoms with Crippen molar-refractivity contribution in [3.8, 4) is 0 Å². The lowest BCUT2D eigenvalue weighted by Gasteiger charge is -2.09. The molecule has 0 saturated carbocycles. The van der Waals surface area contributed by atoms with Crippen molar-refractivity contribution in [2.45, 2.75) is 162 Å². The highest BCUT2D eigenvalue weighted by Gasteiger charge is 2.04. The molecule has 1 aromatic rings. The summed E-state index contributed by atoms with van der Waals surface area (Å²) in [7, 11) is 0. The minimum Gasteiger partial charge on any atom is -0.258 e. The van der Waals surface area contributed by atoms with E-state index in [1.807, 2.05) is 0 Å². The first-order chi connectivity index (χ1) is 15.3. The Morgan fingerprint density at radius 2 is 0.774 bits per heavy atom. The smallest absolute Gasteiger partial charge is 0.0409 e. The van der Waals surface area contributed by atoms with Crippen LogP contribution in [-0.2, 0) is 19.3 Å². The van der Waals surface area contributed by atoms with Crippen LogP contribution >= 0.6 is 0 Å². The van der Waals surface area contributed by atoms with E-state index in [1.54, 1.807) is 0 Å². The van der Waals surface area contributed by atoms with Crippen LogP contribution in [0.4, 0.5) is 0 Å². The van der Waals surface area contributed by atoms with Crippen LogP contribution < -0.4 is 0 Å². The van der Waals surface area contributed by atoms with Gasteiger partial charge in [-0.3, -0.25) is 4.98 Å². The average molecular weight is 430 g/mol. The maximum Gasteiger partial charge on any atom is 0.0409 e. The van der Waals surface area contributed by atoms with Gasteiger partial charge in [-0.05, 0) is 49.8 Å². The van der Waals surface area contributed by atoms with Crippen LogP contribution in [0.1, 0.15) is 160 Å². The number of unbranched alkanes of at least 4 members (excludes halogenated alkanes) is 16. The van der Waals surface area contributed by atoms with Gasteiger partial charge in [0.25, 0.3) is 0 Å². The third-order valence-corrected chi connectivity index (χ3v) is 6.60. The number of rotatable bonds is 22. The molecule has 0 aliphatic carbocycles. The van der Waals surface area contributed by atoms with Gasteiger partial charge in [0.2, 0.25) is 0 Å². The number of pyridine rings is 1. The lowest BCUT2D eigenvalue weighted by atomic mass is 10.0. The van der Waals surface area contributed by atoms with Crippen LogP contribution in [0, 0.1) is 0 Å². The monoisotopic (exact) mass is 429 g/mol. The molecule has 0 aliphatic rings. The molecule has 0 saturated heterocycles. The highest BCUT2D eigenvalue weighted by Crippen LogP contribution is 2.16. The number of hydrogen-bond donors (Lipinski definition) is 0. The van der Waals surface area contributed by atoms with Crippen LogP contribution in [0.3, 0.4) is 0 Å². The largest absolute Gasteiger partial charge is 0.258 e. The van der Waals surface area contributed by atoms with Gasteiger partial charge in [-0.15, -0.1) is 0 Å². The molecule has 0 spiro atoms. The summed E-state index contributed by atoms with van der Waals surface area (Å²) in [6, 6.07) is 4.79. The molecule has 180 valence electrons. The lowest BCUT2D eigenvalue weighted by Crippen LogP contribution is -2.00. The van der Waals surface area contributed by atoms with E-state index in [1.165, 1.54) is 158 Å². The summed E-state index contributed by atoms with van der Waals surface area (Å²) < 4.78 is 0. The fourth-order valence-electron chi connectivity index (χ4n) is 4.64. The Bertz CT molecular complexity index is 467. The topological polar surface area (TPSA) is 12.9 Å². The zero-order valence-electron chi connectivity index (χ0n) is 21.7. The first kappa shape index (κ1) is 28.2. The molecule has 31 heavy (non-hydrogen) atoms. The summed E-state index contributed by atoms with van der Waals surface area (Å²) in [5.74, 6) is 0. The van der Waals surface area contributed by atoms with Crippen LogP contribution in [0.15, 0.2) is 12.1 Å². The van der Waals surface area contributed by atoms with Gasteiger partial charge >= 0.3 is 0 Å². The summed E-state index contributed by atoms with van der Waals surface area (Å²) in [4.78, 5) is 5.05. The van der Waals surface area contributed by atoms with Crippen molar-refractivity contribution in [3.05, 3.63) is 29.1 Å². The molecule has 1 nitrogen and oxygen atoms in total. The SMILES string of the molecule is CCCCCCCCCCCc1cc(CCC)cc(CCCCCCCCCCC)n1. The fraction of sp³-hybridized carbons (Fsp3) is 0.833. The molecule has 0 N–H and O–H groups in total. The molecule has 0 bridgehead atoms. The van der Waals surface area contributed by atoms with Crippen molar-refractivity contribution in [1.82, 2.24) is 4.98 Å². The Hall–Kier alpha value is -0.850. The molecule has 1 heterocycles. The van der Waals surface area contributed by atoms with Crippen LogP contribution in [0.2, 0.25) is 0 Å². The Kier molecular flexibility index (Phi) is 19.1. The van der Waals surface area contributed by atoms with Crippen molar-refractivity contribution < 1.29 is 0 Å². The normalized spacial score (nSPS) is 11.3. The molecule has 0 unspecified atom stereocenters. The Labute approximate surface area is 196 Å². The number of aromatic nitrogens is 1. The van der Waals surface area contributed by atoms with E-state index in [2.05, 4.69) is 32.9 Å². The molecule has 1 aromatic heterocycles. The Balaban J connectivity index is 2.24. The summed E-state index contributed by atoms with van der Waals surface area (Å²) >= 11 is 0. The van der Waals surface area contributed by atoms with Gasteiger partial charge < -0.3 is 0 Å². The number of aryl methyl sites for hydroxylation is 3.